The third kappa shape index (κ3) is 3.87. The Morgan fingerprint density at radius 2 is 1.48 bits per heavy atom. The third-order valence-corrected chi connectivity index (χ3v) is 5.43. The van der Waals surface area contributed by atoms with E-state index in [9.17, 15) is 9.59 Å². The highest BCUT2D eigenvalue weighted by molar-refractivity contribution is 5.78. The van der Waals surface area contributed by atoms with Gasteiger partial charge >= 0.3 is 0 Å². The van der Waals surface area contributed by atoms with Gasteiger partial charge < -0.3 is 16.0 Å². The fourth-order valence-corrected chi connectivity index (χ4v) is 3.44. The van der Waals surface area contributed by atoms with E-state index in [1.165, 1.54) is 0 Å². The van der Waals surface area contributed by atoms with Crippen molar-refractivity contribution in [2.45, 2.75) is 25.3 Å². The molecule has 2 heterocycles. The molecular formula is C23H20N6O2. The Morgan fingerprint density at radius 1 is 0.774 bits per heavy atom. The summed E-state index contributed by atoms with van der Waals surface area (Å²) in [7, 11) is 0. The molecule has 0 aliphatic heterocycles. The summed E-state index contributed by atoms with van der Waals surface area (Å²) in [5.74, 6) is 0.823. The monoisotopic (exact) mass is 412 g/mol. The van der Waals surface area contributed by atoms with Crippen molar-refractivity contribution in [3.8, 4) is 11.1 Å². The Bertz CT molecular complexity index is 1280. The van der Waals surface area contributed by atoms with E-state index in [4.69, 9.17) is 0 Å². The zero-order chi connectivity index (χ0) is 21.2. The fraction of sp³-hybridized carbons (Fsp3) is 0.174. The van der Waals surface area contributed by atoms with Crippen molar-refractivity contribution in [1.82, 2.24) is 15.0 Å². The summed E-state index contributed by atoms with van der Waals surface area (Å²) in [6, 6.07) is 13.7. The molecule has 0 unspecified atom stereocenters. The van der Waals surface area contributed by atoms with Crippen molar-refractivity contribution < 1.29 is 0 Å². The maximum Gasteiger partial charge on any atom is 0.253 e. The maximum absolute atomic E-state index is 12.0. The molecule has 31 heavy (non-hydrogen) atoms. The Morgan fingerprint density at radius 3 is 2.19 bits per heavy atom. The summed E-state index contributed by atoms with van der Waals surface area (Å²) >= 11 is 0. The lowest BCUT2D eigenvalue weighted by molar-refractivity contribution is 0.445. The highest BCUT2D eigenvalue weighted by atomic mass is 16.2. The summed E-state index contributed by atoms with van der Waals surface area (Å²) in [6.07, 6.45) is 8.28. The van der Waals surface area contributed by atoms with Gasteiger partial charge in [0, 0.05) is 30.3 Å². The van der Waals surface area contributed by atoms with E-state index in [-0.39, 0.29) is 11.7 Å². The number of pyridine rings is 1. The van der Waals surface area contributed by atoms with Gasteiger partial charge in [-0.15, -0.1) is 0 Å². The lowest BCUT2D eigenvalue weighted by atomic mass is 9.92. The van der Waals surface area contributed by atoms with Crippen LogP contribution >= 0.6 is 0 Å². The molecule has 0 saturated heterocycles. The predicted octanol–water partition coefficient (Wildman–Crippen LogP) is 3.59. The molecule has 8 nitrogen and oxygen atoms in total. The molecule has 1 fully saturated rings. The second kappa shape index (κ2) is 7.98. The largest absolute Gasteiger partial charge is 0.377 e. The average Bonchev–Trinajstić information content (AvgIpc) is 2.78. The molecule has 0 atom stereocenters. The topological polar surface area (TPSA) is 109 Å². The summed E-state index contributed by atoms with van der Waals surface area (Å²) in [6.45, 7) is 0. The van der Waals surface area contributed by atoms with Crippen LogP contribution in [0.3, 0.4) is 0 Å². The minimum absolute atomic E-state index is 0.265. The first-order valence-corrected chi connectivity index (χ1v) is 10.1. The smallest absolute Gasteiger partial charge is 0.253 e. The maximum atomic E-state index is 12.0. The fourth-order valence-electron chi connectivity index (χ4n) is 3.44. The van der Waals surface area contributed by atoms with Crippen LogP contribution < -0.4 is 26.8 Å². The van der Waals surface area contributed by atoms with E-state index < -0.39 is 10.9 Å². The van der Waals surface area contributed by atoms with Gasteiger partial charge in [-0.05, 0) is 60.7 Å². The second-order valence-corrected chi connectivity index (χ2v) is 7.51. The van der Waals surface area contributed by atoms with Crippen LogP contribution in [0.15, 0.2) is 70.6 Å². The van der Waals surface area contributed by atoms with E-state index >= 15 is 0 Å². The molecule has 0 spiro atoms. The number of rotatable bonds is 7. The number of nitrogens with one attached hydrogen (secondary N) is 3. The molecule has 8 heteroatoms. The molecule has 1 saturated carbocycles. The Hall–Kier alpha value is -4.07. The summed E-state index contributed by atoms with van der Waals surface area (Å²) in [5.41, 5.74) is 2.62. The molecule has 0 radical (unpaired) electrons. The minimum Gasteiger partial charge on any atom is -0.377 e. The normalized spacial score (nSPS) is 13.5. The highest BCUT2D eigenvalue weighted by Gasteiger charge is 2.26. The molecule has 154 valence electrons. The number of benzene rings is 1. The van der Waals surface area contributed by atoms with Gasteiger partial charge in [-0.2, -0.15) is 4.98 Å². The molecule has 1 aliphatic carbocycles. The molecule has 0 bridgehead atoms. The van der Waals surface area contributed by atoms with E-state index in [0.29, 0.717) is 17.5 Å². The van der Waals surface area contributed by atoms with Crippen LogP contribution in [-0.4, -0.2) is 21.0 Å². The lowest BCUT2D eigenvalue weighted by Gasteiger charge is -2.28. The predicted molar refractivity (Wildman–Crippen MR) is 121 cm³/mol. The van der Waals surface area contributed by atoms with Crippen LogP contribution in [0.25, 0.3) is 11.1 Å². The van der Waals surface area contributed by atoms with Crippen molar-refractivity contribution in [2.75, 3.05) is 16.0 Å². The van der Waals surface area contributed by atoms with Crippen molar-refractivity contribution in [2.24, 2.45) is 0 Å². The van der Waals surface area contributed by atoms with Gasteiger partial charge in [0.15, 0.2) is 0 Å². The van der Waals surface area contributed by atoms with Crippen molar-refractivity contribution in [3.63, 3.8) is 0 Å². The van der Waals surface area contributed by atoms with E-state index in [1.807, 2.05) is 36.4 Å². The lowest BCUT2D eigenvalue weighted by Crippen LogP contribution is -2.40. The van der Waals surface area contributed by atoms with Crippen molar-refractivity contribution >= 4 is 28.8 Å². The molecular weight excluding hydrogens is 392 g/mol. The van der Waals surface area contributed by atoms with Crippen molar-refractivity contribution in [3.05, 3.63) is 81.5 Å². The van der Waals surface area contributed by atoms with Gasteiger partial charge in [-0.25, -0.2) is 4.98 Å². The van der Waals surface area contributed by atoms with Crippen LogP contribution in [0.5, 0.6) is 0 Å². The van der Waals surface area contributed by atoms with Gasteiger partial charge in [-0.1, -0.05) is 12.1 Å². The quantitative estimate of drug-likeness (QED) is 0.395. The van der Waals surface area contributed by atoms with Gasteiger partial charge in [0.2, 0.25) is 5.95 Å². The Kier molecular flexibility index (Phi) is 4.87. The first-order chi connectivity index (χ1) is 15.2. The molecule has 2 aromatic heterocycles. The molecule has 5 rings (SSSR count). The Balaban J connectivity index is 1.29. The third-order valence-electron chi connectivity index (χ3n) is 5.43. The number of anilines is 5. The zero-order valence-electron chi connectivity index (χ0n) is 16.6. The summed E-state index contributed by atoms with van der Waals surface area (Å²) in [5, 5.41) is 9.28. The van der Waals surface area contributed by atoms with Gasteiger partial charge in [0.25, 0.3) is 10.9 Å². The molecule has 2 aromatic carbocycles. The molecule has 0 amide bonds. The van der Waals surface area contributed by atoms with E-state index in [1.54, 1.807) is 24.7 Å². The van der Waals surface area contributed by atoms with Crippen LogP contribution in [0.1, 0.15) is 19.3 Å². The first kappa shape index (κ1) is 18.9. The van der Waals surface area contributed by atoms with Crippen molar-refractivity contribution in [1.29, 1.82) is 0 Å². The summed E-state index contributed by atoms with van der Waals surface area (Å²) in [4.78, 5) is 36.6. The SMILES string of the molecule is O=c1c(Nc2ccnc(Nc3ccc(-c4ccncc4)cc3)n2)c(NC2CCC2)c1=O. The number of hydrogen-bond donors (Lipinski definition) is 3. The molecule has 3 N–H and O–H groups in total. The van der Waals surface area contributed by atoms with E-state index in [0.717, 1.165) is 36.1 Å². The van der Waals surface area contributed by atoms with E-state index in [2.05, 4.69) is 30.9 Å². The first-order valence-electron chi connectivity index (χ1n) is 10.1. The van der Waals surface area contributed by atoms with Gasteiger partial charge in [-0.3, -0.25) is 14.6 Å². The van der Waals surface area contributed by atoms with Crippen LogP contribution in [0, 0.1) is 0 Å². The summed E-state index contributed by atoms with van der Waals surface area (Å²) < 4.78 is 0. The Labute approximate surface area is 178 Å². The minimum atomic E-state index is -0.526. The molecule has 1 aliphatic rings. The second-order valence-electron chi connectivity index (χ2n) is 7.51. The number of hydrogen-bond acceptors (Lipinski definition) is 8. The highest BCUT2D eigenvalue weighted by Crippen LogP contribution is 2.27. The van der Waals surface area contributed by atoms with Gasteiger partial charge in [0.1, 0.15) is 17.2 Å². The van der Waals surface area contributed by atoms with Crippen LogP contribution in [0.2, 0.25) is 0 Å². The number of nitrogens with zero attached hydrogens (tertiary/aromatic N) is 3. The van der Waals surface area contributed by atoms with Crippen LogP contribution in [0.4, 0.5) is 28.8 Å². The van der Waals surface area contributed by atoms with Gasteiger partial charge in [0.05, 0.1) is 0 Å². The zero-order valence-corrected chi connectivity index (χ0v) is 16.6. The standard InChI is InChI=1S/C23H20N6O2/c30-21-19(26-16-2-1-3-16)20(22(21)31)28-18-10-13-25-23(29-18)27-17-6-4-14(5-7-17)15-8-11-24-12-9-15/h4-13,16,26H,1-3H2,(H2,25,27,28,29). The average molecular weight is 412 g/mol. The number of aromatic nitrogens is 3. The van der Waals surface area contributed by atoms with Crippen LogP contribution in [-0.2, 0) is 0 Å². The molecule has 4 aromatic rings.